The number of nitro benzene ring substituents is 1. The largest absolute Gasteiger partial charge is 0.451 e. The minimum Gasteiger partial charge on any atom is -0.451 e. The van der Waals surface area contributed by atoms with E-state index in [1.807, 2.05) is 0 Å². The predicted octanol–water partition coefficient (Wildman–Crippen LogP) is 6.03. The molecular weight excluding hydrogens is 391 g/mol. The molecule has 1 heterocycles. The molecule has 0 aliphatic rings. The van der Waals surface area contributed by atoms with Gasteiger partial charge in [-0.15, -0.1) is 0 Å². The molecule has 27 heavy (non-hydrogen) atoms. The maximum Gasteiger partial charge on any atom is 0.293 e. The second kappa shape index (κ2) is 7.42. The molecule has 3 aromatic rings. The lowest BCUT2D eigenvalue weighted by Crippen LogP contribution is -2.14. The fraction of sp³-hybridized carbons (Fsp3) is 0.105. The van der Waals surface area contributed by atoms with E-state index in [0.717, 1.165) is 5.56 Å². The summed E-state index contributed by atoms with van der Waals surface area (Å²) in [6.45, 7) is 3.51. The molecule has 6 nitrogen and oxygen atoms in total. The van der Waals surface area contributed by atoms with Gasteiger partial charge >= 0.3 is 0 Å². The second-order valence-corrected chi connectivity index (χ2v) is 6.74. The molecule has 0 fully saturated rings. The van der Waals surface area contributed by atoms with Gasteiger partial charge in [-0.25, -0.2) is 0 Å². The number of carbonyl (C=O) groups excluding carboxylic acids is 1. The number of hydrogen-bond donors (Lipinski definition) is 1. The predicted molar refractivity (Wildman–Crippen MR) is 105 cm³/mol. The molecule has 138 valence electrons. The van der Waals surface area contributed by atoms with E-state index in [-0.39, 0.29) is 17.1 Å². The Kier molecular flexibility index (Phi) is 5.21. The zero-order valence-corrected chi connectivity index (χ0v) is 15.9. The smallest absolute Gasteiger partial charge is 0.293 e. The first-order chi connectivity index (χ1) is 12.8. The summed E-state index contributed by atoms with van der Waals surface area (Å²) < 4.78 is 5.59. The highest BCUT2D eigenvalue weighted by molar-refractivity contribution is 6.35. The molecule has 8 heteroatoms. The maximum absolute atomic E-state index is 12.6. The highest BCUT2D eigenvalue weighted by Gasteiger charge is 2.22. The van der Waals surface area contributed by atoms with Gasteiger partial charge in [0.15, 0.2) is 5.76 Å². The van der Waals surface area contributed by atoms with E-state index >= 15 is 0 Å². The van der Waals surface area contributed by atoms with Crippen molar-refractivity contribution in [2.45, 2.75) is 13.8 Å². The molecule has 3 rings (SSSR count). The Morgan fingerprint density at radius 1 is 1.11 bits per heavy atom. The SMILES string of the molecule is Cc1ccc([N+](=O)[O-])c(NC(=O)c2ccc(-c3cc(Cl)ccc3Cl)o2)c1C. The topological polar surface area (TPSA) is 85.4 Å². The molecule has 0 saturated carbocycles. The molecule has 2 aromatic carbocycles. The molecule has 1 N–H and O–H groups in total. The van der Waals surface area contributed by atoms with Crippen molar-refractivity contribution >= 4 is 40.5 Å². The number of carbonyl (C=O) groups is 1. The zero-order valence-electron chi connectivity index (χ0n) is 14.4. The Bertz CT molecular complexity index is 1060. The van der Waals surface area contributed by atoms with Crippen LogP contribution in [0.1, 0.15) is 21.7 Å². The number of amides is 1. The van der Waals surface area contributed by atoms with Gasteiger partial charge in [0.1, 0.15) is 11.4 Å². The third kappa shape index (κ3) is 3.82. The molecule has 0 radical (unpaired) electrons. The van der Waals surface area contributed by atoms with Crippen LogP contribution in [0.4, 0.5) is 11.4 Å². The average molecular weight is 405 g/mol. The lowest BCUT2D eigenvalue weighted by molar-refractivity contribution is -0.384. The van der Waals surface area contributed by atoms with Crippen molar-refractivity contribution in [1.29, 1.82) is 0 Å². The monoisotopic (exact) mass is 404 g/mol. The number of rotatable bonds is 4. The van der Waals surface area contributed by atoms with Gasteiger partial charge in [-0.3, -0.25) is 14.9 Å². The second-order valence-electron chi connectivity index (χ2n) is 5.90. The van der Waals surface area contributed by atoms with Crippen LogP contribution in [0.25, 0.3) is 11.3 Å². The number of hydrogen-bond acceptors (Lipinski definition) is 4. The number of nitro groups is 1. The summed E-state index contributed by atoms with van der Waals surface area (Å²) in [7, 11) is 0. The molecular formula is C19H14Cl2N2O4. The first kappa shape index (κ1) is 18.9. The lowest BCUT2D eigenvalue weighted by Gasteiger charge is -2.10. The van der Waals surface area contributed by atoms with Crippen LogP contribution in [-0.4, -0.2) is 10.8 Å². The average Bonchev–Trinajstić information content (AvgIpc) is 3.11. The van der Waals surface area contributed by atoms with E-state index in [9.17, 15) is 14.9 Å². The molecule has 0 unspecified atom stereocenters. The van der Waals surface area contributed by atoms with Gasteiger partial charge in [0.2, 0.25) is 0 Å². The Morgan fingerprint density at radius 3 is 2.56 bits per heavy atom. The number of aryl methyl sites for hydroxylation is 1. The molecule has 0 atom stereocenters. The summed E-state index contributed by atoms with van der Waals surface area (Å²) in [6.07, 6.45) is 0. The number of halogens is 2. The maximum atomic E-state index is 12.6. The van der Waals surface area contributed by atoms with Crippen molar-refractivity contribution in [3.8, 4) is 11.3 Å². The summed E-state index contributed by atoms with van der Waals surface area (Å²) >= 11 is 12.1. The van der Waals surface area contributed by atoms with Gasteiger partial charge in [-0.05, 0) is 55.3 Å². The third-order valence-corrected chi connectivity index (χ3v) is 4.74. The van der Waals surface area contributed by atoms with Crippen molar-refractivity contribution in [2.75, 3.05) is 5.32 Å². The Morgan fingerprint density at radius 2 is 1.85 bits per heavy atom. The van der Waals surface area contributed by atoms with Gasteiger partial charge in [-0.1, -0.05) is 29.3 Å². The normalized spacial score (nSPS) is 10.7. The van der Waals surface area contributed by atoms with Crippen LogP contribution in [0.3, 0.4) is 0 Å². The molecule has 0 spiro atoms. The summed E-state index contributed by atoms with van der Waals surface area (Å²) in [5, 5.41) is 14.7. The number of furan rings is 1. The summed E-state index contributed by atoms with van der Waals surface area (Å²) in [5.74, 6) is -0.240. The van der Waals surface area contributed by atoms with Gasteiger partial charge < -0.3 is 9.73 Å². The quantitative estimate of drug-likeness (QED) is 0.424. The van der Waals surface area contributed by atoms with Crippen molar-refractivity contribution in [1.82, 2.24) is 0 Å². The molecule has 1 amide bonds. The molecule has 0 saturated heterocycles. The fourth-order valence-electron chi connectivity index (χ4n) is 2.58. The number of anilines is 1. The molecule has 1 aromatic heterocycles. The van der Waals surface area contributed by atoms with E-state index < -0.39 is 10.8 Å². The summed E-state index contributed by atoms with van der Waals surface area (Å²) in [5.41, 5.74) is 1.93. The lowest BCUT2D eigenvalue weighted by atomic mass is 10.1. The molecule has 0 aliphatic heterocycles. The van der Waals surface area contributed by atoms with Crippen LogP contribution in [0.15, 0.2) is 46.9 Å². The van der Waals surface area contributed by atoms with Crippen LogP contribution < -0.4 is 5.32 Å². The van der Waals surface area contributed by atoms with Crippen molar-refractivity contribution in [3.63, 3.8) is 0 Å². The number of benzene rings is 2. The van der Waals surface area contributed by atoms with Crippen molar-refractivity contribution in [2.24, 2.45) is 0 Å². The first-order valence-corrected chi connectivity index (χ1v) is 8.64. The van der Waals surface area contributed by atoms with Crippen molar-refractivity contribution < 1.29 is 14.1 Å². The van der Waals surface area contributed by atoms with Gasteiger partial charge in [0, 0.05) is 16.7 Å². The number of nitrogens with one attached hydrogen (secondary N) is 1. The Labute approximate surface area is 164 Å². The van der Waals surface area contributed by atoms with Gasteiger partial charge in [0.25, 0.3) is 11.6 Å². The first-order valence-electron chi connectivity index (χ1n) is 7.89. The van der Waals surface area contributed by atoms with Gasteiger partial charge in [-0.2, -0.15) is 0 Å². The van der Waals surface area contributed by atoms with E-state index in [1.54, 1.807) is 44.2 Å². The molecule has 0 aliphatic carbocycles. The number of nitrogens with zero attached hydrogens (tertiary/aromatic N) is 1. The van der Waals surface area contributed by atoms with Crippen LogP contribution in [0, 0.1) is 24.0 Å². The van der Waals surface area contributed by atoms with Gasteiger partial charge in [0.05, 0.1) is 9.95 Å². The van der Waals surface area contributed by atoms with Crippen LogP contribution in [-0.2, 0) is 0 Å². The van der Waals surface area contributed by atoms with E-state index in [2.05, 4.69) is 5.32 Å². The fourth-order valence-corrected chi connectivity index (χ4v) is 2.96. The highest BCUT2D eigenvalue weighted by atomic mass is 35.5. The highest BCUT2D eigenvalue weighted by Crippen LogP contribution is 2.33. The van der Waals surface area contributed by atoms with E-state index in [0.29, 0.717) is 26.9 Å². The van der Waals surface area contributed by atoms with E-state index in [1.165, 1.54) is 12.1 Å². The van der Waals surface area contributed by atoms with Crippen molar-refractivity contribution in [3.05, 3.63) is 79.5 Å². The Hall–Kier alpha value is -2.83. The van der Waals surface area contributed by atoms with Crippen LogP contribution in [0.2, 0.25) is 10.0 Å². The van der Waals surface area contributed by atoms with Crippen LogP contribution >= 0.6 is 23.2 Å². The zero-order chi connectivity index (χ0) is 19.7. The standard InChI is InChI=1S/C19H14Cl2N2O4/c1-10-3-6-15(23(25)26)18(11(10)2)22-19(24)17-8-7-16(27-17)13-9-12(20)4-5-14(13)21/h3-9H,1-2H3,(H,22,24). The van der Waals surface area contributed by atoms with E-state index in [4.69, 9.17) is 27.6 Å². The molecule has 0 bridgehead atoms. The minimum absolute atomic E-state index is 0.00348. The van der Waals surface area contributed by atoms with Crippen LogP contribution in [0.5, 0.6) is 0 Å². The minimum atomic E-state index is -0.601. The summed E-state index contributed by atoms with van der Waals surface area (Å²) in [4.78, 5) is 23.3. The third-order valence-electron chi connectivity index (χ3n) is 4.17. The summed E-state index contributed by atoms with van der Waals surface area (Å²) in [6, 6.07) is 10.9. The Balaban J connectivity index is 1.93.